The second-order valence-corrected chi connectivity index (χ2v) is 8.80. The van der Waals surface area contributed by atoms with Crippen molar-refractivity contribution in [1.29, 1.82) is 21.2 Å². The van der Waals surface area contributed by atoms with E-state index in [-0.39, 0.29) is 0 Å². The summed E-state index contributed by atoms with van der Waals surface area (Å²) < 4.78 is 24.2. The first-order valence-electron chi connectivity index (χ1n) is 9.97. The van der Waals surface area contributed by atoms with Crippen LogP contribution in [0, 0.1) is 56.2 Å². The van der Waals surface area contributed by atoms with Crippen molar-refractivity contribution in [3.05, 3.63) is 58.1 Å². The molecule has 2 fully saturated rings. The Bertz CT molecular complexity index is 1250. The van der Waals surface area contributed by atoms with Crippen molar-refractivity contribution < 1.29 is 18.9 Å². The Morgan fingerprint density at radius 2 is 1.67 bits per heavy atom. The lowest BCUT2D eigenvalue weighted by atomic mass is 9.53. The highest BCUT2D eigenvalue weighted by Gasteiger charge is 2.80. The van der Waals surface area contributed by atoms with Crippen molar-refractivity contribution in [2.24, 2.45) is 16.7 Å². The number of methoxy groups -OCH3 is 2. The fraction of sp³-hybridized carbons (Fsp3) is 0.333. The number of rotatable bonds is 4. The number of nitriles is 3. The molecule has 0 aliphatic carbocycles. The average molecular weight is 507 g/mol. The van der Waals surface area contributed by atoms with Crippen molar-refractivity contribution in [2.45, 2.75) is 18.8 Å². The molecule has 0 radical (unpaired) electrons. The van der Waals surface area contributed by atoms with Gasteiger partial charge in [0.2, 0.25) is 17.1 Å². The molecule has 2 saturated heterocycles. The number of ether oxygens (including phenoxy) is 4. The molecular weight excluding hydrogens is 488 g/mol. The Hall–Kier alpha value is -3.58. The first kappa shape index (κ1) is 22.6. The van der Waals surface area contributed by atoms with Gasteiger partial charge in [0, 0.05) is 15.6 Å². The zero-order chi connectivity index (χ0) is 24.0. The molecule has 4 rings (SSSR count). The Labute approximate surface area is 199 Å². The van der Waals surface area contributed by atoms with Gasteiger partial charge in [-0.1, -0.05) is 35.0 Å². The summed E-state index contributed by atoms with van der Waals surface area (Å²) in [6, 6.07) is 18.2. The van der Waals surface area contributed by atoms with Crippen molar-refractivity contribution in [2.75, 3.05) is 14.2 Å². The van der Waals surface area contributed by atoms with Crippen LogP contribution in [0.5, 0.6) is 11.5 Å². The summed E-state index contributed by atoms with van der Waals surface area (Å²) in [6.07, 6.45) is -1.29. The van der Waals surface area contributed by atoms with Crippen molar-refractivity contribution in [3.8, 4) is 29.7 Å². The topological polar surface area (TPSA) is 132 Å². The quantitative estimate of drug-likeness (QED) is 0.641. The lowest BCUT2D eigenvalue weighted by molar-refractivity contribution is -0.288. The van der Waals surface area contributed by atoms with Crippen LogP contribution in [0.3, 0.4) is 0 Å². The van der Waals surface area contributed by atoms with Crippen LogP contribution >= 0.6 is 15.9 Å². The molecule has 8 nitrogen and oxygen atoms in total. The van der Waals surface area contributed by atoms with Gasteiger partial charge in [-0.25, -0.2) is 0 Å². The highest BCUT2D eigenvalue weighted by molar-refractivity contribution is 9.10. The molecule has 0 amide bonds. The number of hydrogen-bond acceptors (Lipinski definition) is 8. The maximum Gasteiger partial charge on any atom is 0.244 e. The van der Waals surface area contributed by atoms with Crippen LogP contribution in [-0.4, -0.2) is 20.1 Å². The molecular formula is C24H19BrN4O4. The molecule has 0 saturated carbocycles. The first-order chi connectivity index (χ1) is 15.8. The summed E-state index contributed by atoms with van der Waals surface area (Å²) in [4.78, 5) is 0. The smallest absolute Gasteiger partial charge is 0.244 e. The van der Waals surface area contributed by atoms with E-state index < -0.39 is 34.5 Å². The third-order valence-electron chi connectivity index (χ3n) is 6.63. The van der Waals surface area contributed by atoms with Gasteiger partial charge in [0.1, 0.15) is 17.6 Å². The summed E-state index contributed by atoms with van der Waals surface area (Å²) >= 11 is 3.40. The van der Waals surface area contributed by atoms with Gasteiger partial charge in [0.05, 0.1) is 38.3 Å². The van der Waals surface area contributed by atoms with Crippen molar-refractivity contribution >= 4 is 21.8 Å². The highest BCUT2D eigenvalue weighted by Crippen LogP contribution is 2.69. The lowest BCUT2D eigenvalue weighted by Gasteiger charge is -2.49. The van der Waals surface area contributed by atoms with Crippen LogP contribution in [0.2, 0.25) is 0 Å². The molecule has 2 aromatic rings. The lowest BCUT2D eigenvalue weighted by Crippen LogP contribution is -2.57. The molecule has 0 spiro atoms. The Kier molecular flexibility index (Phi) is 5.33. The second kappa shape index (κ2) is 7.78. The van der Waals surface area contributed by atoms with Crippen LogP contribution < -0.4 is 9.47 Å². The fourth-order valence-corrected chi connectivity index (χ4v) is 5.14. The first-order valence-corrected chi connectivity index (χ1v) is 10.8. The molecule has 4 unspecified atom stereocenters. The maximum atomic E-state index is 10.4. The van der Waals surface area contributed by atoms with Crippen molar-refractivity contribution in [3.63, 3.8) is 0 Å². The van der Waals surface area contributed by atoms with Gasteiger partial charge in [-0.3, -0.25) is 5.41 Å². The van der Waals surface area contributed by atoms with Gasteiger partial charge in [0.15, 0.2) is 5.41 Å². The van der Waals surface area contributed by atoms with Gasteiger partial charge < -0.3 is 18.9 Å². The molecule has 0 aromatic heterocycles. The molecule has 33 heavy (non-hydrogen) atoms. The van der Waals surface area contributed by atoms with Crippen LogP contribution in [-0.2, 0) is 15.3 Å². The molecule has 2 aliphatic rings. The van der Waals surface area contributed by atoms with Gasteiger partial charge in [0.25, 0.3) is 0 Å². The average Bonchev–Trinajstić information content (AvgIpc) is 3.00. The third kappa shape index (κ3) is 2.72. The summed E-state index contributed by atoms with van der Waals surface area (Å²) in [5.74, 6) is -2.12. The molecule has 2 aromatic carbocycles. The summed E-state index contributed by atoms with van der Waals surface area (Å²) in [6.45, 7) is 1.66. The summed E-state index contributed by atoms with van der Waals surface area (Å²) in [7, 11) is 2.94. The van der Waals surface area contributed by atoms with E-state index in [2.05, 4.69) is 22.0 Å². The minimum absolute atomic E-state index is 0.339. The molecule has 2 heterocycles. The number of nitrogens with one attached hydrogen (secondary N) is 1. The monoisotopic (exact) mass is 506 g/mol. The number of hydrogen-bond donors (Lipinski definition) is 1. The van der Waals surface area contributed by atoms with Gasteiger partial charge in [-0.15, -0.1) is 0 Å². The summed E-state index contributed by atoms with van der Waals surface area (Å²) in [5.41, 5.74) is -3.11. The normalized spacial score (nSPS) is 29.2. The molecule has 4 atom stereocenters. The minimum Gasteiger partial charge on any atom is -0.497 e. The van der Waals surface area contributed by atoms with E-state index in [0.717, 1.165) is 4.47 Å². The number of fused-ring (bicyclic) bond motifs is 2. The SMILES string of the molecule is COc1ccc(OC)c(C2OC3(c4ccc(Br)cc4)OC(=N)C(C#N)(C3C)C2(C#N)C#N)c1. The fourth-order valence-electron chi connectivity index (χ4n) is 4.87. The van der Waals surface area contributed by atoms with Gasteiger partial charge in [-0.2, -0.15) is 15.8 Å². The van der Waals surface area contributed by atoms with E-state index in [4.69, 9.17) is 24.4 Å². The van der Waals surface area contributed by atoms with Crippen LogP contribution in [0.4, 0.5) is 0 Å². The largest absolute Gasteiger partial charge is 0.497 e. The predicted molar refractivity (Wildman–Crippen MR) is 119 cm³/mol. The minimum atomic E-state index is -2.10. The molecule has 2 aliphatic heterocycles. The second-order valence-electron chi connectivity index (χ2n) is 7.88. The molecule has 2 bridgehead atoms. The zero-order valence-corrected chi connectivity index (χ0v) is 19.6. The van der Waals surface area contributed by atoms with E-state index >= 15 is 0 Å². The maximum absolute atomic E-state index is 10.4. The van der Waals surface area contributed by atoms with Crippen molar-refractivity contribution in [1.82, 2.24) is 0 Å². The Morgan fingerprint density at radius 3 is 2.21 bits per heavy atom. The van der Waals surface area contributed by atoms with E-state index in [1.165, 1.54) is 14.2 Å². The number of halogens is 1. The molecule has 9 heteroatoms. The Balaban J connectivity index is 2.07. The van der Waals surface area contributed by atoms with Gasteiger partial charge >= 0.3 is 0 Å². The highest BCUT2D eigenvalue weighted by atomic mass is 79.9. The van der Waals surface area contributed by atoms with Crippen LogP contribution in [0.1, 0.15) is 24.2 Å². The molecule has 1 N–H and O–H groups in total. The third-order valence-corrected chi connectivity index (χ3v) is 7.16. The molecule has 166 valence electrons. The number of nitrogens with zero attached hydrogens (tertiary/aromatic N) is 3. The van der Waals surface area contributed by atoms with Gasteiger partial charge in [-0.05, 0) is 30.3 Å². The Morgan fingerprint density at radius 1 is 1.00 bits per heavy atom. The van der Waals surface area contributed by atoms with E-state index in [0.29, 0.717) is 22.6 Å². The van der Waals surface area contributed by atoms with E-state index in [9.17, 15) is 15.8 Å². The standard InChI is InChI=1S/C24H19BrN4O4/c1-14-23(13-28)21(29)33-24(14,15-4-6-16(25)7-5-15)32-20(22(23,11-26)12-27)18-10-17(30-2)8-9-19(18)31-3/h4-10,14,20,29H,1-3H3. The van der Waals surface area contributed by atoms with E-state index in [1.807, 2.05) is 12.1 Å². The predicted octanol–water partition coefficient (Wildman–Crippen LogP) is 4.58. The van der Waals surface area contributed by atoms with E-state index in [1.54, 1.807) is 49.4 Å². The summed E-state index contributed by atoms with van der Waals surface area (Å²) in [5, 5.41) is 39.8. The number of benzene rings is 2. The van der Waals surface area contributed by atoms with Crippen LogP contribution in [0.15, 0.2) is 46.9 Å². The zero-order valence-electron chi connectivity index (χ0n) is 18.0. The van der Waals surface area contributed by atoms with Crippen LogP contribution in [0.25, 0.3) is 0 Å².